The molecule has 0 bridgehead atoms. The molecule has 1 aliphatic heterocycles. The number of rotatable bonds is 3. The third-order valence-electron chi connectivity index (χ3n) is 4.62. The average Bonchev–Trinajstić information content (AvgIpc) is 3.13. The van der Waals surface area contributed by atoms with Crippen molar-refractivity contribution in [1.29, 1.82) is 0 Å². The Morgan fingerprint density at radius 2 is 2.00 bits per heavy atom. The summed E-state index contributed by atoms with van der Waals surface area (Å²) in [7, 11) is 1.92. The summed E-state index contributed by atoms with van der Waals surface area (Å²) in [6.07, 6.45) is 4.93. The topological polar surface area (TPSA) is 41.4 Å². The van der Waals surface area contributed by atoms with E-state index in [0.717, 1.165) is 32.6 Å². The molecule has 1 saturated carbocycles. The Balaban J connectivity index is 1.54. The summed E-state index contributed by atoms with van der Waals surface area (Å²) in [6, 6.07) is 0.580. The first-order valence-electron chi connectivity index (χ1n) is 7.57. The highest BCUT2D eigenvalue weighted by Gasteiger charge is 2.46. The zero-order chi connectivity index (χ0) is 14.3. The Morgan fingerprint density at radius 3 is 2.55 bits per heavy atom. The molecule has 0 spiro atoms. The van der Waals surface area contributed by atoms with Crippen molar-refractivity contribution in [3.8, 4) is 0 Å². The molecule has 0 aromatic carbocycles. The quantitative estimate of drug-likeness (QED) is 0.829. The summed E-state index contributed by atoms with van der Waals surface area (Å²) in [5.41, 5.74) is 1.21. The maximum Gasteiger partial charge on any atom is 0.226 e. The third-order valence-corrected chi connectivity index (χ3v) is 4.62. The van der Waals surface area contributed by atoms with E-state index in [0.29, 0.717) is 17.9 Å². The SMILES string of the molecule is CC(C)N1CCN(C(=O)C2CC2c2cnn(C)c2)CC1. The number of carbonyl (C=O) groups is 1. The molecule has 110 valence electrons. The van der Waals surface area contributed by atoms with Crippen LogP contribution in [0.25, 0.3) is 0 Å². The van der Waals surface area contributed by atoms with Gasteiger partial charge < -0.3 is 4.90 Å². The van der Waals surface area contributed by atoms with Crippen molar-refractivity contribution in [2.45, 2.75) is 32.2 Å². The van der Waals surface area contributed by atoms with Gasteiger partial charge in [0.1, 0.15) is 0 Å². The lowest BCUT2D eigenvalue weighted by atomic mass is 10.1. The largest absolute Gasteiger partial charge is 0.340 e. The molecule has 0 radical (unpaired) electrons. The minimum atomic E-state index is 0.199. The normalized spacial score (nSPS) is 27.1. The van der Waals surface area contributed by atoms with E-state index in [4.69, 9.17) is 0 Å². The number of aryl methyl sites for hydroxylation is 1. The van der Waals surface area contributed by atoms with Crippen LogP contribution in [0.1, 0.15) is 31.7 Å². The Kier molecular flexibility index (Phi) is 3.54. The first kappa shape index (κ1) is 13.6. The molecule has 1 amide bonds. The molecule has 3 rings (SSSR count). The summed E-state index contributed by atoms with van der Waals surface area (Å²) in [5.74, 6) is 0.950. The second kappa shape index (κ2) is 5.20. The van der Waals surface area contributed by atoms with Gasteiger partial charge in [0.2, 0.25) is 5.91 Å². The van der Waals surface area contributed by atoms with E-state index in [9.17, 15) is 4.79 Å². The Bertz CT molecular complexity index is 488. The molecule has 2 heterocycles. The third kappa shape index (κ3) is 2.59. The van der Waals surface area contributed by atoms with Gasteiger partial charge in [-0.25, -0.2) is 0 Å². The minimum Gasteiger partial charge on any atom is -0.340 e. The van der Waals surface area contributed by atoms with Crippen molar-refractivity contribution in [2.75, 3.05) is 26.2 Å². The van der Waals surface area contributed by atoms with Crippen LogP contribution >= 0.6 is 0 Å². The summed E-state index contributed by atoms with van der Waals surface area (Å²) >= 11 is 0. The van der Waals surface area contributed by atoms with Crippen molar-refractivity contribution in [3.05, 3.63) is 18.0 Å². The summed E-state index contributed by atoms with van der Waals surface area (Å²) in [4.78, 5) is 17.0. The number of nitrogens with zero attached hydrogens (tertiary/aromatic N) is 4. The molecule has 5 nitrogen and oxygen atoms in total. The molecule has 1 aliphatic carbocycles. The van der Waals surface area contributed by atoms with E-state index in [-0.39, 0.29) is 5.92 Å². The molecule has 0 N–H and O–H groups in total. The van der Waals surface area contributed by atoms with Gasteiger partial charge in [0.15, 0.2) is 0 Å². The predicted molar refractivity (Wildman–Crippen MR) is 77.3 cm³/mol. The molecule has 1 aromatic heterocycles. The van der Waals surface area contributed by atoms with Gasteiger partial charge in [0, 0.05) is 51.4 Å². The molecule has 5 heteroatoms. The second-order valence-corrected chi connectivity index (χ2v) is 6.35. The number of hydrogen-bond donors (Lipinski definition) is 0. The van der Waals surface area contributed by atoms with Crippen LogP contribution in [0.4, 0.5) is 0 Å². The molecule has 2 unspecified atom stereocenters. The van der Waals surface area contributed by atoms with Crippen LogP contribution in [0.3, 0.4) is 0 Å². The average molecular weight is 276 g/mol. The fourth-order valence-corrected chi connectivity index (χ4v) is 3.16. The monoisotopic (exact) mass is 276 g/mol. The van der Waals surface area contributed by atoms with Crippen molar-refractivity contribution >= 4 is 5.91 Å². The molecular weight excluding hydrogens is 252 g/mol. The number of aromatic nitrogens is 2. The fraction of sp³-hybridized carbons (Fsp3) is 0.733. The van der Waals surface area contributed by atoms with E-state index in [2.05, 4.69) is 28.7 Å². The van der Waals surface area contributed by atoms with Gasteiger partial charge in [0.25, 0.3) is 0 Å². The highest BCUT2D eigenvalue weighted by molar-refractivity contribution is 5.83. The molecule has 2 aliphatic rings. The van der Waals surface area contributed by atoms with Crippen LogP contribution in [0.2, 0.25) is 0 Å². The van der Waals surface area contributed by atoms with Gasteiger partial charge in [-0.15, -0.1) is 0 Å². The zero-order valence-electron chi connectivity index (χ0n) is 12.6. The van der Waals surface area contributed by atoms with Gasteiger partial charge in [0.05, 0.1) is 6.20 Å². The standard InChI is InChI=1S/C15H24N4O/c1-11(2)18-4-6-19(7-5-18)15(20)14-8-13(14)12-9-16-17(3)10-12/h9-11,13-14H,4-8H2,1-3H3. The minimum absolute atomic E-state index is 0.199. The van der Waals surface area contributed by atoms with Crippen LogP contribution in [0.15, 0.2) is 12.4 Å². The lowest BCUT2D eigenvalue weighted by Gasteiger charge is -2.37. The van der Waals surface area contributed by atoms with Gasteiger partial charge in [-0.1, -0.05) is 0 Å². The molecular formula is C15H24N4O. The Morgan fingerprint density at radius 1 is 1.30 bits per heavy atom. The molecule has 1 aromatic rings. The van der Waals surface area contributed by atoms with E-state index in [1.807, 2.05) is 24.1 Å². The van der Waals surface area contributed by atoms with Crippen LogP contribution in [-0.4, -0.2) is 57.7 Å². The van der Waals surface area contributed by atoms with Crippen molar-refractivity contribution in [2.24, 2.45) is 13.0 Å². The van der Waals surface area contributed by atoms with Gasteiger partial charge in [-0.2, -0.15) is 5.10 Å². The van der Waals surface area contributed by atoms with Gasteiger partial charge in [-0.05, 0) is 31.7 Å². The number of carbonyl (C=O) groups excluding carboxylic acids is 1. The van der Waals surface area contributed by atoms with Crippen LogP contribution in [0.5, 0.6) is 0 Å². The lowest BCUT2D eigenvalue weighted by Crippen LogP contribution is -2.51. The van der Waals surface area contributed by atoms with Crippen LogP contribution in [-0.2, 0) is 11.8 Å². The first-order valence-corrected chi connectivity index (χ1v) is 7.57. The van der Waals surface area contributed by atoms with Crippen LogP contribution < -0.4 is 0 Å². The van der Waals surface area contributed by atoms with E-state index in [1.54, 1.807) is 0 Å². The maximum atomic E-state index is 12.5. The van der Waals surface area contributed by atoms with Crippen molar-refractivity contribution < 1.29 is 4.79 Å². The van der Waals surface area contributed by atoms with Crippen LogP contribution in [0, 0.1) is 5.92 Å². The number of amides is 1. The molecule has 1 saturated heterocycles. The molecule has 2 atom stereocenters. The predicted octanol–water partition coefficient (Wildman–Crippen LogP) is 1.08. The van der Waals surface area contributed by atoms with E-state index >= 15 is 0 Å². The lowest BCUT2D eigenvalue weighted by molar-refractivity contribution is -0.134. The van der Waals surface area contributed by atoms with Crippen molar-refractivity contribution in [3.63, 3.8) is 0 Å². The van der Waals surface area contributed by atoms with Gasteiger partial charge in [-0.3, -0.25) is 14.4 Å². The number of hydrogen-bond acceptors (Lipinski definition) is 3. The first-order chi connectivity index (χ1) is 9.56. The Hall–Kier alpha value is -1.36. The zero-order valence-corrected chi connectivity index (χ0v) is 12.6. The summed E-state index contributed by atoms with van der Waals surface area (Å²) < 4.78 is 1.82. The second-order valence-electron chi connectivity index (χ2n) is 6.35. The van der Waals surface area contributed by atoms with E-state index < -0.39 is 0 Å². The highest BCUT2D eigenvalue weighted by atomic mass is 16.2. The smallest absolute Gasteiger partial charge is 0.226 e. The summed E-state index contributed by atoms with van der Waals surface area (Å²) in [6.45, 7) is 8.22. The number of piperazine rings is 1. The van der Waals surface area contributed by atoms with Crippen molar-refractivity contribution in [1.82, 2.24) is 19.6 Å². The Labute approximate surface area is 120 Å². The highest BCUT2D eigenvalue weighted by Crippen LogP contribution is 2.48. The van der Waals surface area contributed by atoms with Gasteiger partial charge >= 0.3 is 0 Å². The van der Waals surface area contributed by atoms with E-state index in [1.165, 1.54) is 5.56 Å². The fourth-order valence-electron chi connectivity index (χ4n) is 3.16. The molecule has 20 heavy (non-hydrogen) atoms. The summed E-state index contributed by atoms with van der Waals surface area (Å²) in [5, 5.41) is 4.20. The maximum absolute atomic E-state index is 12.5. The molecule has 2 fully saturated rings.